The van der Waals surface area contributed by atoms with Gasteiger partial charge in [0.15, 0.2) is 9.84 Å². The number of benzene rings is 2. The quantitative estimate of drug-likeness (QED) is 0.518. The third kappa shape index (κ3) is 4.63. The van der Waals surface area contributed by atoms with Crippen molar-refractivity contribution in [2.24, 2.45) is 0 Å². The van der Waals surface area contributed by atoms with Gasteiger partial charge in [0.05, 0.1) is 27.0 Å². The first-order valence-electron chi connectivity index (χ1n) is 8.36. The van der Waals surface area contributed by atoms with E-state index in [1.807, 2.05) is 0 Å². The van der Waals surface area contributed by atoms with Gasteiger partial charge in [0.2, 0.25) is 0 Å². The van der Waals surface area contributed by atoms with Crippen LogP contribution in [-0.4, -0.2) is 41.7 Å². The summed E-state index contributed by atoms with van der Waals surface area (Å²) >= 11 is 12.1. The van der Waals surface area contributed by atoms with Crippen molar-refractivity contribution in [3.8, 4) is 0 Å². The summed E-state index contributed by atoms with van der Waals surface area (Å²) in [4.78, 5) is 25.1. The second kappa shape index (κ2) is 8.06. The number of sulfone groups is 1. The molecule has 148 valence electrons. The Balaban J connectivity index is 1.99. The highest BCUT2D eigenvalue weighted by atomic mass is 35.5. The first-order valence-corrected chi connectivity index (χ1v) is 10.9. The van der Waals surface area contributed by atoms with Gasteiger partial charge in [-0.15, -0.1) is 0 Å². The molecule has 1 fully saturated rings. The highest BCUT2D eigenvalue weighted by Crippen LogP contribution is 2.28. The SMILES string of the molecule is O=C(c1cc([N+](=O)[O-])ccc1Cl)N(Cc1cccc(Cl)c1)C1CCS(=O)(=O)C1. The van der Waals surface area contributed by atoms with Crippen molar-refractivity contribution in [1.82, 2.24) is 4.90 Å². The Hall–Kier alpha value is -2.16. The first-order chi connectivity index (χ1) is 13.2. The largest absolute Gasteiger partial charge is 0.330 e. The van der Waals surface area contributed by atoms with Crippen LogP contribution in [0.5, 0.6) is 0 Å². The number of halogens is 2. The van der Waals surface area contributed by atoms with Crippen LogP contribution in [0.25, 0.3) is 0 Å². The monoisotopic (exact) mass is 442 g/mol. The van der Waals surface area contributed by atoms with Gasteiger partial charge in [0.25, 0.3) is 11.6 Å². The molecule has 7 nitrogen and oxygen atoms in total. The number of hydrogen-bond donors (Lipinski definition) is 0. The molecule has 1 amide bonds. The predicted molar refractivity (Wildman–Crippen MR) is 106 cm³/mol. The number of amides is 1. The molecule has 2 aromatic carbocycles. The minimum absolute atomic E-state index is 0.0142. The molecule has 1 atom stereocenters. The summed E-state index contributed by atoms with van der Waals surface area (Å²) in [5, 5.41) is 11.6. The maximum absolute atomic E-state index is 13.2. The molecule has 0 saturated carbocycles. The van der Waals surface area contributed by atoms with Crippen LogP contribution in [0.2, 0.25) is 10.0 Å². The van der Waals surface area contributed by atoms with E-state index in [-0.39, 0.29) is 34.3 Å². The molecule has 0 spiro atoms. The highest BCUT2D eigenvalue weighted by molar-refractivity contribution is 7.91. The van der Waals surface area contributed by atoms with E-state index in [1.54, 1.807) is 24.3 Å². The number of carbonyl (C=O) groups excluding carboxylic acids is 1. The zero-order valence-electron chi connectivity index (χ0n) is 14.5. The van der Waals surface area contributed by atoms with Crippen molar-refractivity contribution in [1.29, 1.82) is 0 Å². The van der Waals surface area contributed by atoms with Gasteiger partial charge in [-0.2, -0.15) is 0 Å². The molecular formula is C18H16Cl2N2O5S. The fraction of sp³-hybridized carbons (Fsp3) is 0.278. The highest BCUT2D eigenvalue weighted by Gasteiger charge is 2.36. The van der Waals surface area contributed by atoms with Crippen LogP contribution in [0, 0.1) is 10.1 Å². The fourth-order valence-corrected chi connectivity index (χ4v) is 5.31. The van der Waals surface area contributed by atoms with E-state index in [0.717, 1.165) is 6.07 Å². The maximum atomic E-state index is 13.2. The second-order valence-electron chi connectivity index (χ2n) is 6.54. The Morgan fingerprint density at radius 1 is 1.21 bits per heavy atom. The molecule has 1 unspecified atom stereocenters. The van der Waals surface area contributed by atoms with Crippen LogP contribution in [0.1, 0.15) is 22.3 Å². The first kappa shape index (κ1) is 20.6. The molecule has 0 N–H and O–H groups in total. The molecule has 1 heterocycles. The predicted octanol–water partition coefficient (Wildman–Crippen LogP) is 3.73. The second-order valence-corrected chi connectivity index (χ2v) is 9.61. The average molecular weight is 443 g/mol. The molecule has 1 aliphatic heterocycles. The number of carbonyl (C=O) groups is 1. The number of nitro groups is 1. The molecule has 3 rings (SSSR count). The standard InChI is InChI=1S/C18H16Cl2N2O5S/c19-13-3-1-2-12(8-13)10-21(15-6-7-28(26,27)11-15)18(23)16-9-14(22(24)25)4-5-17(16)20/h1-5,8-9,15H,6-7,10-11H2. The summed E-state index contributed by atoms with van der Waals surface area (Å²) in [5.41, 5.74) is 0.406. The molecule has 2 aromatic rings. The molecule has 10 heteroatoms. The van der Waals surface area contributed by atoms with Gasteiger partial charge >= 0.3 is 0 Å². The lowest BCUT2D eigenvalue weighted by Crippen LogP contribution is -2.40. The van der Waals surface area contributed by atoms with Gasteiger partial charge in [-0.25, -0.2) is 8.42 Å². The average Bonchev–Trinajstić information content (AvgIpc) is 2.99. The van der Waals surface area contributed by atoms with Gasteiger partial charge in [-0.3, -0.25) is 14.9 Å². The van der Waals surface area contributed by atoms with Crippen LogP contribution in [-0.2, 0) is 16.4 Å². The number of hydrogen-bond acceptors (Lipinski definition) is 5. The minimum atomic E-state index is -3.25. The van der Waals surface area contributed by atoms with Crippen LogP contribution in [0.4, 0.5) is 5.69 Å². The Kier molecular flexibility index (Phi) is 5.92. The Morgan fingerprint density at radius 2 is 1.96 bits per heavy atom. The van der Waals surface area contributed by atoms with E-state index >= 15 is 0 Å². The number of non-ortho nitro benzene ring substituents is 1. The lowest BCUT2D eigenvalue weighted by atomic mass is 10.1. The van der Waals surface area contributed by atoms with Crippen molar-refractivity contribution in [3.05, 3.63) is 73.8 Å². The van der Waals surface area contributed by atoms with E-state index < -0.39 is 26.7 Å². The Bertz CT molecular complexity index is 1040. The molecule has 1 saturated heterocycles. The lowest BCUT2D eigenvalue weighted by Gasteiger charge is -2.29. The molecule has 0 aromatic heterocycles. The van der Waals surface area contributed by atoms with Crippen molar-refractivity contribution in [3.63, 3.8) is 0 Å². The number of rotatable bonds is 5. The van der Waals surface area contributed by atoms with Crippen molar-refractivity contribution in [2.45, 2.75) is 19.0 Å². The molecular weight excluding hydrogens is 427 g/mol. The molecule has 28 heavy (non-hydrogen) atoms. The maximum Gasteiger partial charge on any atom is 0.270 e. The van der Waals surface area contributed by atoms with Gasteiger partial charge in [0.1, 0.15) is 0 Å². The Labute approximate surface area is 171 Å². The summed E-state index contributed by atoms with van der Waals surface area (Å²) in [7, 11) is -3.25. The van der Waals surface area contributed by atoms with Gasteiger partial charge in [-0.1, -0.05) is 35.3 Å². The minimum Gasteiger partial charge on any atom is -0.330 e. The Morgan fingerprint density at radius 3 is 2.57 bits per heavy atom. The van der Waals surface area contributed by atoms with E-state index in [9.17, 15) is 23.3 Å². The fourth-order valence-electron chi connectivity index (χ4n) is 3.17. The summed E-state index contributed by atoms with van der Waals surface area (Å²) in [6.07, 6.45) is 0.293. The van der Waals surface area contributed by atoms with E-state index in [0.29, 0.717) is 17.0 Å². The van der Waals surface area contributed by atoms with Crippen LogP contribution in [0.3, 0.4) is 0 Å². The van der Waals surface area contributed by atoms with Crippen molar-refractivity contribution < 1.29 is 18.1 Å². The summed E-state index contributed by atoms with van der Waals surface area (Å²) in [6, 6.07) is 9.92. The normalized spacial score (nSPS) is 18.0. The third-order valence-electron chi connectivity index (χ3n) is 4.54. The summed E-state index contributed by atoms with van der Waals surface area (Å²) in [5.74, 6) is -0.735. The van der Waals surface area contributed by atoms with Crippen LogP contribution in [0.15, 0.2) is 42.5 Å². The smallest absolute Gasteiger partial charge is 0.270 e. The molecule has 1 aliphatic rings. The summed E-state index contributed by atoms with van der Waals surface area (Å²) in [6.45, 7) is 0.110. The van der Waals surface area contributed by atoms with E-state index in [2.05, 4.69) is 0 Å². The van der Waals surface area contributed by atoms with Crippen molar-refractivity contribution >= 4 is 44.6 Å². The lowest BCUT2D eigenvalue weighted by molar-refractivity contribution is -0.384. The molecule has 0 radical (unpaired) electrons. The number of nitrogens with zero attached hydrogens (tertiary/aromatic N) is 2. The van der Waals surface area contributed by atoms with Gasteiger partial charge < -0.3 is 4.90 Å². The molecule has 0 bridgehead atoms. The topological polar surface area (TPSA) is 97.6 Å². The van der Waals surface area contributed by atoms with E-state index in [4.69, 9.17) is 23.2 Å². The van der Waals surface area contributed by atoms with E-state index in [1.165, 1.54) is 17.0 Å². The van der Waals surface area contributed by atoms with Gasteiger partial charge in [-0.05, 0) is 30.2 Å². The molecule has 0 aliphatic carbocycles. The van der Waals surface area contributed by atoms with Gasteiger partial charge in [0, 0.05) is 29.7 Å². The number of nitro benzene ring substituents is 1. The van der Waals surface area contributed by atoms with Crippen LogP contribution >= 0.6 is 23.2 Å². The third-order valence-corrected chi connectivity index (χ3v) is 6.86. The zero-order valence-corrected chi connectivity index (χ0v) is 16.9. The van der Waals surface area contributed by atoms with Crippen molar-refractivity contribution in [2.75, 3.05) is 11.5 Å². The van der Waals surface area contributed by atoms with Crippen LogP contribution < -0.4 is 0 Å². The summed E-state index contributed by atoms with van der Waals surface area (Å²) < 4.78 is 23.9. The zero-order chi connectivity index (χ0) is 20.5.